The maximum atomic E-state index is 13.3. The molecule has 0 amide bonds. The van der Waals surface area contributed by atoms with E-state index in [2.05, 4.69) is 5.32 Å². The molecule has 0 bridgehead atoms. The van der Waals surface area contributed by atoms with Crippen molar-refractivity contribution in [2.45, 2.75) is 31.7 Å². The Morgan fingerprint density at radius 1 is 1.29 bits per heavy atom. The molecule has 1 N–H and O–H groups in total. The molecule has 1 atom stereocenters. The molecule has 1 heterocycles. The highest BCUT2D eigenvalue weighted by atomic mass is 19.2. The first kappa shape index (κ1) is 12.3. The number of halogens is 2. The Kier molecular flexibility index (Phi) is 4.31. The molecule has 1 aliphatic heterocycles. The third-order valence-electron chi connectivity index (χ3n) is 3.05. The van der Waals surface area contributed by atoms with Crippen molar-refractivity contribution in [1.29, 1.82) is 0 Å². The van der Waals surface area contributed by atoms with E-state index in [1.165, 1.54) is 25.0 Å². The summed E-state index contributed by atoms with van der Waals surface area (Å²) < 4.78 is 31.4. The van der Waals surface area contributed by atoms with Crippen LogP contribution in [0.5, 0.6) is 5.75 Å². The molecule has 0 aromatic heterocycles. The number of piperidine rings is 1. The topological polar surface area (TPSA) is 21.3 Å². The van der Waals surface area contributed by atoms with Crippen LogP contribution >= 0.6 is 0 Å². The lowest BCUT2D eigenvalue weighted by molar-refractivity contribution is 0.256. The molecule has 17 heavy (non-hydrogen) atoms. The highest BCUT2D eigenvalue weighted by Gasteiger charge is 2.13. The fraction of sp³-hybridized carbons (Fsp3) is 0.538. The molecule has 1 saturated heterocycles. The van der Waals surface area contributed by atoms with Gasteiger partial charge in [0, 0.05) is 6.04 Å². The molecule has 1 aromatic carbocycles. The molecule has 1 unspecified atom stereocenters. The first-order valence-corrected chi connectivity index (χ1v) is 6.07. The van der Waals surface area contributed by atoms with Gasteiger partial charge in [-0.2, -0.15) is 4.39 Å². The van der Waals surface area contributed by atoms with E-state index in [9.17, 15) is 8.78 Å². The second-order valence-electron chi connectivity index (χ2n) is 4.34. The maximum absolute atomic E-state index is 13.3. The smallest absolute Gasteiger partial charge is 0.200 e. The summed E-state index contributed by atoms with van der Waals surface area (Å²) in [7, 11) is 0. The summed E-state index contributed by atoms with van der Waals surface area (Å²) in [6.07, 6.45) is 4.41. The van der Waals surface area contributed by atoms with Crippen LogP contribution in [0, 0.1) is 11.6 Å². The zero-order chi connectivity index (χ0) is 12.1. The van der Waals surface area contributed by atoms with Crippen LogP contribution in [0.2, 0.25) is 0 Å². The lowest BCUT2D eigenvalue weighted by Gasteiger charge is -2.23. The maximum Gasteiger partial charge on any atom is 0.200 e. The molecular weight excluding hydrogens is 224 g/mol. The van der Waals surface area contributed by atoms with Crippen LogP contribution < -0.4 is 10.1 Å². The summed E-state index contributed by atoms with van der Waals surface area (Å²) in [4.78, 5) is 0. The summed E-state index contributed by atoms with van der Waals surface area (Å²) in [5.74, 6) is -1.76. The quantitative estimate of drug-likeness (QED) is 0.875. The van der Waals surface area contributed by atoms with Crippen molar-refractivity contribution in [2.24, 2.45) is 0 Å². The SMILES string of the molecule is Fc1cccc(OCCC2CCCCN2)c1F. The van der Waals surface area contributed by atoms with E-state index in [0.29, 0.717) is 12.6 Å². The molecule has 2 nitrogen and oxygen atoms in total. The third kappa shape index (κ3) is 3.40. The molecule has 1 aliphatic rings. The number of ether oxygens (including phenoxy) is 1. The Bertz CT molecular complexity index is 364. The normalized spacial score (nSPS) is 20.2. The van der Waals surface area contributed by atoms with Crippen molar-refractivity contribution in [2.75, 3.05) is 13.2 Å². The minimum Gasteiger partial charge on any atom is -0.490 e. The zero-order valence-electron chi connectivity index (χ0n) is 9.72. The number of nitrogens with one attached hydrogen (secondary N) is 1. The fourth-order valence-corrected chi connectivity index (χ4v) is 2.08. The first-order valence-electron chi connectivity index (χ1n) is 6.07. The van der Waals surface area contributed by atoms with Gasteiger partial charge in [0.1, 0.15) is 0 Å². The molecule has 0 aliphatic carbocycles. The number of hydrogen-bond acceptors (Lipinski definition) is 2. The van der Waals surface area contributed by atoms with Gasteiger partial charge in [-0.1, -0.05) is 12.5 Å². The molecule has 0 saturated carbocycles. The molecule has 0 spiro atoms. The van der Waals surface area contributed by atoms with E-state index in [0.717, 1.165) is 25.5 Å². The molecule has 1 fully saturated rings. The van der Waals surface area contributed by atoms with Crippen LogP contribution in [0.3, 0.4) is 0 Å². The van der Waals surface area contributed by atoms with E-state index in [4.69, 9.17) is 4.74 Å². The van der Waals surface area contributed by atoms with Crippen molar-refractivity contribution >= 4 is 0 Å². The number of hydrogen-bond donors (Lipinski definition) is 1. The average molecular weight is 241 g/mol. The van der Waals surface area contributed by atoms with Crippen molar-refractivity contribution in [1.82, 2.24) is 5.32 Å². The summed E-state index contributed by atoms with van der Waals surface area (Å²) in [6.45, 7) is 1.46. The number of benzene rings is 1. The van der Waals surface area contributed by atoms with Crippen molar-refractivity contribution in [3.05, 3.63) is 29.8 Å². The lowest BCUT2D eigenvalue weighted by Crippen LogP contribution is -2.35. The summed E-state index contributed by atoms with van der Waals surface area (Å²) in [5, 5.41) is 3.38. The van der Waals surface area contributed by atoms with Gasteiger partial charge in [-0.05, 0) is 37.9 Å². The minimum atomic E-state index is -0.899. The molecule has 4 heteroatoms. The van der Waals surface area contributed by atoms with E-state index >= 15 is 0 Å². The predicted octanol–water partition coefficient (Wildman–Crippen LogP) is 2.88. The summed E-state index contributed by atoms with van der Waals surface area (Å²) in [6, 6.07) is 4.44. The summed E-state index contributed by atoms with van der Waals surface area (Å²) in [5.41, 5.74) is 0. The molecule has 94 valence electrons. The molecule has 2 rings (SSSR count). The van der Waals surface area contributed by atoms with Gasteiger partial charge < -0.3 is 10.1 Å². The van der Waals surface area contributed by atoms with E-state index in [1.807, 2.05) is 0 Å². The van der Waals surface area contributed by atoms with Gasteiger partial charge in [0.25, 0.3) is 0 Å². The average Bonchev–Trinajstić information content (AvgIpc) is 2.36. The van der Waals surface area contributed by atoms with Gasteiger partial charge in [0.15, 0.2) is 11.6 Å². The van der Waals surface area contributed by atoms with Crippen molar-refractivity contribution in [3.63, 3.8) is 0 Å². The second kappa shape index (κ2) is 5.96. The Balaban J connectivity index is 1.79. The molecular formula is C13H17F2NO. The highest BCUT2D eigenvalue weighted by Crippen LogP contribution is 2.19. The largest absolute Gasteiger partial charge is 0.490 e. The molecule has 0 radical (unpaired) electrons. The standard InChI is InChI=1S/C13H17F2NO/c14-11-5-3-6-12(13(11)15)17-9-7-10-4-1-2-8-16-10/h3,5-6,10,16H,1-2,4,7-9H2. The van der Waals surface area contributed by atoms with E-state index in [-0.39, 0.29) is 5.75 Å². The van der Waals surface area contributed by atoms with Gasteiger partial charge in [-0.25, -0.2) is 4.39 Å². The lowest BCUT2D eigenvalue weighted by atomic mass is 10.0. The van der Waals surface area contributed by atoms with Crippen LogP contribution in [-0.2, 0) is 0 Å². The monoisotopic (exact) mass is 241 g/mol. The van der Waals surface area contributed by atoms with Crippen LogP contribution in [0.1, 0.15) is 25.7 Å². The Morgan fingerprint density at radius 3 is 2.94 bits per heavy atom. The summed E-state index contributed by atoms with van der Waals surface area (Å²) >= 11 is 0. The fourth-order valence-electron chi connectivity index (χ4n) is 2.08. The Hall–Kier alpha value is -1.16. The van der Waals surface area contributed by atoms with E-state index in [1.54, 1.807) is 0 Å². The van der Waals surface area contributed by atoms with Crippen LogP contribution in [0.15, 0.2) is 18.2 Å². The van der Waals surface area contributed by atoms with Crippen molar-refractivity contribution < 1.29 is 13.5 Å². The highest BCUT2D eigenvalue weighted by molar-refractivity contribution is 5.24. The van der Waals surface area contributed by atoms with Gasteiger partial charge in [0.05, 0.1) is 6.61 Å². The van der Waals surface area contributed by atoms with Crippen LogP contribution in [0.4, 0.5) is 8.78 Å². The number of rotatable bonds is 4. The van der Waals surface area contributed by atoms with Gasteiger partial charge >= 0.3 is 0 Å². The van der Waals surface area contributed by atoms with Gasteiger partial charge in [-0.3, -0.25) is 0 Å². The Labute approximate surface area is 100.0 Å². The van der Waals surface area contributed by atoms with Gasteiger partial charge in [0.2, 0.25) is 5.82 Å². The minimum absolute atomic E-state index is 0.000749. The zero-order valence-corrected chi connectivity index (χ0v) is 9.72. The van der Waals surface area contributed by atoms with Gasteiger partial charge in [-0.15, -0.1) is 0 Å². The van der Waals surface area contributed by atoms with E-state index < -0.39 is 11.6 Å². The Morgan fingerprint density at radius 2 is 2.18 bits per heavy atom. The first-order chi connectivity index (χ1) is 8.27. The molecule has 1 aromatic rings. The van der Waals surface area contributed by atoms with Crippen LogP contribution in [0.25, 0.3) is 0 Å². The second-order valence-corrected chi connectivity index (χ2v) is 4.34. The van der Waals surface area contributed by atoms with Crippen molar-refractivity contribution in [3.8, 4) is 5.75 Å². The van der Waals surface area contributed by atoms with Crippen LogP contribution in [-0.4, -0.2) is 19.2 Å². The predicted molar refractivity (Wildman–Crippen MR) is 62.1 cm³/mol. The third-order valence-corrected chi connectivity index (χ3v) is 3.05.